The second-order valence-electron chi connectivity index (χ2n) is 6.77. The first-order chi connectivity index (χ1) is 14.0. The Kier molecular flexibility index (Phi) is 6.51. The van der Waals surface area contributed by atoms with Crippen LogP contribution in [0.1, 0.15) is 50.6 Å². The molecule has 3 rings (SSSR count). The molecule has 3 aromatic rings. The number of hydrogen-bond acceptors (Lipinski definition) is 5. The summed E-state index contributed by atoms with van der Waals surface area (Å²) in [5.41, 5.74) is 2.95. The lowest BCUT2D eigenvalue weighted by atomic mass is 9.94. The third-order valence-corrected chi connectivity index (χ3v) is 4.74. The topological polar surface area (TPSA) is 97.1 Å². The molecule has 0 radical (unpaired) electrons. The molecule has 0 fully saturated rings. The van der Waals surface area contributed by atoms with E-state index in [4.69, 9.17) is 5.11 Å². The second kappa shape index (κ2) is 9.25. The van der Waals surface area contributed by atoms with Crippen molar-refractivity contribution in [3.63, 3.8) is 0 Å². The smallest absolute Gasteiger partial charge is 0.269 e. The van der Waals surface area contributed by atoms with Gasteiger partial charge in [-0.25, -0.2) is 4.98 Å². The Hall–Kier alpha value is -3.32. The predicted octanol–water partition coefficient (Wildman–Crippen LogP) is 2.21. The molecule has 1 atom stereocenters. The summed E-state index contributed by atoms with van der Waals surface area (Å²) in [5.74, 6) is -0.558. The molecule has 2 N–H and O–H groups in total. The van der Waals surface area contributed by atoms with Crippen molar-refractivity contribution in [2.45, 2.75) is 25.8 Å². The molecule has 1 aromatic carbocycles. The number of carbonyl (C=O) groups excluding carboxylic acids is 2. The van der Waals surface area contributed by atoms with Gasteiger partial charge in [0.1, 0.15) is 5.69 Å². The Morgan fingerprint density at radius 3 is 2.62 bits per heavy atom. The first-order valence-electron chi connectivity index (χ1n) is 9.47. The molecule has 0 bridgehead atoms. The monoisotopic (exact) mass is 392 g/mol. The van der Waals surface area contributed by atoms with Crippen LogP contribution in [0.5, 0.6) is 0 Å². The lowest BCUT2D eigenvalue weighted by Gasteiger charge is -2.14. The highest BCUT2D eigenvalue weighted by molar-refractivity contribution is 6.00. The molecule has 29 heavy (non-hydrogen) atoms. The summed E-state index contributed by atoms with van der Waals surface area (Å²) in [7, 11) is 1.53. The molecular weight excluding hydrogens is 368 g/mol. The van der Waals surface area contributed by atoms with Crippen LogP contribution in [0.15, 0.2) is 54.7 Å². The van der Waals surface area contributed by atoms with Crippen molar-refractivity contribution in [3.8, 4) is 0 Å². The van der Waals surface area contributed by atoms with Crippen LogP contribution in [0, 0.1) is 0 Å². The number of aliphatic hydroxyl groups excluding tert-OH is 1. The minimum atomic E-state index is -0.339. The Labute approximate surface area is 169 Å². The maximum Gasteiger partial charge on any atom is 0.269 e. The molecule has 0 aliphatic rings. The van der Waals surface area contributed by atoms with Crippen molar-refractivity contribution in [2.24, 2.45) is 0 Å². The van der Waals surface area contributed by atoms with E-state index in [-0.39, 0.29) is 36.3 Å². The summed E-state index contributed by atoms with van der Waals surface area (Å²) < 4.78 is 1.59. The maximum absolute atomic E-state index is 12.9. The van der Waals surface area contributed by atoms with E-state index < -0.39 is 0 Å². The number of ketones is 1. The van der Waals surface area contributed by atoms with Gasteiger partial charge in [-0.15, -0.1) is 0 Å². The third kappa shape index (κ3) is 4.94. The fourth-order valence-electron chi connectivity index (χ4n) is 3.08. The molecule has 0 unspecified atom stereocenters. The van der Waals surface area contributed by atoms with Crippen molar-refractivity contribution in [1.82, 2.24) is 20.1 Å². The Morgan fingerprint density at radius 2 is 1.93 bits per heavy atom. The zero-order chi connectivity index (χ0) is 20.8. The molecule has 7 heteroatoms. The van der Waals surface area contributed by atoms with Crippen molar-refractivity contribution < 1.29 is 14.7 Å². The molecule has 7 nitrogen and oxygen atoms in total. The molecular formula is C22H24N4O3. The zero-order valence-electron chi connectivity index (χ0n) is 16.5. The summed E-state index contributed by atoms with van der Waals surface area (Å²) in [6.45, 7) is 2.36. The van der Waals surface area contributed by atoms with Gasteiger partial charge in [-0.3, -0.25) is 14.3 Å². The van der Waals surface area contributed by atoms with Crippen LogP contribution in [0.3, 0.4) is 0 Å². The molecule has 1 amide bonds. The predicted molar refractivity (Wildman–Crippen MR) is 109 cm³/mol. The highest BCUT2D eigenvalue weighted by Gasteiger charge is 2.18. The number of amides is 1. The number of nitrogens with one attached hydrogen (secondary N) is 1. The summed E-state index contributed by atoms with van der Waals surface area (Å²) in [6.07, 6.45) is 1.83. The first-order valence-corrected chi connectivity index (χ1v) is 9.47. The van der Waals surface area contributed by atoms with Crippen molar-refractivity contribution in [1.29, 1.82) is 0 Å². The number of rotatable bonds is 8. The number of Topliss-reactive ketones (excluding diaryl/α,β-unsaturated/α-hetero) is 1. The SMILES string of the molecule is CNC(=O)c1cc(C(=O)Cc2ccn(CCO)n2)cc([C@@H](C)c2ccccc2)n1. The van der Waals surface area contributed by atoms with Crippen LogP contribution in [0.2, 0.25) is 0 Å². The van der Waals surface area contributed by atoms with Gasteiger partial charge in [-0.2, -0.15) is 5.10 Å². The fourth-order valence-corrected chi connectivity index (χ4v) is 3.08. The van der Waals surface area contributed by atoms with Crippen LogP contribution in [-0.2, 0) is 13.0 Å². The molecule has 150 valence electrons. The Bertz CT molecular complexity index is 998. The van der Waals surface area contributed by atoms with E-state index in [1.54, 1.807) is 23.0 Å². The summed E-state index contributed by atoms with van der Waals surface area (Å²) in [5, 5.41) is 15.9. The van der Waals surface area contributed by atoms with E-state index >= 15 is 0 Å². The molecule has 2 aromatic heterocycles. The minimum Gasteiger partial charge on any atom is -0.394 e. The van der Waals surface area contributed by atoms with Gasteiger partial charge in [0.05, 0.1) is 25.3 Å². The number of pyridine rings is 1. The minimum absolute atomic E-state index is 0.0182. The molecule has 0 aliphatic heterocycles. The van der Waals surface area contributed by atoms with Crippen LogP contribution >= 0.6 is 0 Å². The van der Waals surface area contributed by atoms with Crippen LogP contribution < -0.4 is 5.32 Å². The fraction of sp³-hybridized carbons (Fsp3) is 0.273. The van der Waals surface area contributed by atoms with E-state index in [1.165, 1.54) is 13.1 Å². The van der Waals surface area contributed by atoms with E-state index in [2.05, 4.69) is 15.4 Å². The first kappa shape index (κ1) is 20.4. The molecule has 0 saturated carbocycles. The van der Waals surface area contributed by atoms with E-state index in [0.29, 0.717) is 23.5 Å². The van der Waals surface area contributed by atoms with Gasteiger partial charge in [0.2, 0.25) is 0 Å². The Morgan fingerprint density at radius 1 is 1.17 bits per heavy atom. The zero-order valence-corrected chi connectivity index (χ0v) is 16.5. The second-order valence-corrected chi connectivity index (χ2v) is 6.77. The van der Waals surface area contributed by atoms with Gasteiger partial charge in [0.25, 0.3) is 5.91 Å². The van der Waals surface area contributed by atoms with Gasteiger partial charge in [0.15, 0.2) is 5.78 Å². The van der Waals surface area contributed by atoms with Crippen LogP contribution in [0.4, 0.5) is 0 Å². The summed E-state index contributed by atoms with van der Waals surface area (Å²) >= 11 is 0. The third-order valence-electron chi connectivity index (χ3n) is 4.74. The molecule has 0 spiro atoms. The number of hydrogen-bond donors (Lipinski definition) is 2. The van der Waals surface area contributed by atoms with Crippen molar-refractivity contribution in [3.05, 3.63) is 82.9 Å². The summed E-state index contributed by atoms with van der Waals surface area (Å²) in [4.78, 5) is 29.6. The van der Waals surface area contributed by atoms with E-state index in [1.807, 2.05) is 37.3 Å². The van der Waals surface area contributed by atoms with Gasteiger partial charge in [-0.1, -0.05) is 37.3 Å². The number of aliphatic hydroxyl groups is 1. The molecule has 0 aliphatic carbocycles. The lowest BCUT2D eigenvalue weighted by molar-refractivity contribution is 0.0958. The van der Waals surface area contributed by atoms with Crippen molar-refractivity contribution in [2.75, 3.05) is 13.7 Å². The number of nitrogens with zero attached hydrogens (tertiary/aromatic N) is 3. The van der Waals surface area contributed by atoms with Crippen LogP contribution in [-0.4, -0.2) is 45.2 Å². The summed E-state index contributed by atoms with van der Waals surface area (Å²) in [6, 6.07) is 14.8. The number of benzene rings is 1. The quantitative estimate of drug-likeness (QED) is 0.573. The molecule has 2 heterocycles. The van der Waals surface area contributed by atoms with Crippen LogP contribution in [0.25, 0.3) is 0 Å². The van der Waals surface area contributed by atoms with Gasteiger partial charge in [-0.05, 0) is 23.8 Å². The van der Waals surface area contributed by atoms with Gasteiger partial charge >= 0.3 is 0 Å². The average Bonchev–Trinajstić information content (AvgIpc) is 3.20. The van der Waals surface area contributed by atoms with Gasteiger partial charge in [0, 0.05) is 30.4 Å². The van der Waals surface area contributed by atoms with Crippen molar-refractivity contribution >= 4 is 11.7 Å². The highest BCUT2D eigenvalue weighted by Crippen LogP contribution is 2.24. The van der Waals surface area contributed by atoms with E-state index in [9.17, 15) is 9.59 Å². The molecule has 0 saturated heterocycles. The highest BCUT2D eigenvalue weighted by atomic mass is 16.3. The largest absolute Gasteiger partial charge is 0.394 e. The number of carbonyl (C=O) groups is 2. The standard InChI is InChI=1S/C22H24N4O3/c1-15(16-6-4-3-5-7-16)19-12-17(13-20(24-19)22(29)23-2)21(28)14-18-8-9-26(25-18)10-11-27/h3-9,12-13,15,27H,10-11,14H2,1-2H3,(H,23,29)/t15-/m0/s1. The maximum atomic E-state index is 12.9. The van der Waals surface area contributed by atoms with Gasteiger partial charge < -0.3 is 10.4 Å². The number of aromatic nitrogens is 3. The normalized spacial score (nSPS) is 11.8. The van der Waals surface area contributed by atoms with E-state index in [0.717, 1.165) is 5.56 Å². The average molecular weight is 392 g/mol. The lowest BCUT2D eigenvalue weighted by Crippen LogP contribution is -2.21. The Balaban J connectivity index is 1.92.